The Bertz CT molecular complexity index is 420. The smallest absolute Gasteiger partial charge is 0.271 e. The van der Waals surface area contributed by atoms with Gasteiger partial charge < -0.3 is 15.5 Å². The van der Waals surface area contributed by atoms with E-state index in [2.05, 4.69) is 39.3 Å². The zero-order chi connectivity index (χ0) is 15.0. The second-order valence-electron chi connectivity index (χ2n) is 4.68. The van der Waals surface area contributed by atoms with Crippen molar-refractivity contribution in [3.63, 3.8) is 0 Å². The minimum Gasteiger partial charge on any atom is -0.369 e. The van der Waals surface area contributed by atoms with Gasteiger partial charge in [-0.05, 0) is 26.9 Å². The number of hydrogen-bond donors (Lipinski definition) is 2. The Morgan fingerprint density at radius 2 is 2.00 bits per heavy atom. The molecule has 0 bridgehead atoms. The highest BCUT2D eigenvalue weighted by Crippen LogP contribution is 2.02. The Morgan fingerprint density at radius 1 is 1.30 bits per heavy atom. The van der Waals surface area contributed by atoms with Gasteiger partial charge in [0.15, 0.2) is 0 Å². The molecule has 6 heteroatoms. The Hall–Kier alpha value is -1.69. The lowest BCUT2D eigenvalue weighted by Crippen LogP contribution is -2.42. The minimum absolute atomic E-state index is 0.0759. The number of hydrogen-bond acceptors (Lipinski definition) is 5. The monoisotopic (exact) mass is 279 g/mol. The zero-order valence-corrected chi connectivity index (χ0v) is 12.8. The van der Waals surface area contributed by atoms with Gasteiger partial charge in [0.2, 0.25) is 0 Å². The summed E-state index contributed by atoms with van der Waals surface area (Å²) in [4.78, 5) is 22.6. The van der Waals surface area contributed by atoms with Gasteiger partial charge in [0.05, 0.1) is 12.4 Å². The molecule has 1 heterocycles. The van der Waals surface area contributed by atoms with Gasteiger partial charge in [0.25, 0.3) is 5.91 Å². The van der Waals surface area contributed by atoms with Gasteiger partial charge >= 0.3 is 0 Å². The standard InChI is InChI=1S/C14H25N5O/c1-5-16-13-9-15-8-12(18-13)14(20)17-11(4)10-19(6-2)7-3/h8-9,11H,5-7,10H2,1-4H3,(H,16,18)(H,17,20). The third kappa shape index (κ3) is 5.13. The predicted octanol–water partition coefficient (Wildman–Crippen LogP) is 1.37. The number of aromatic nitrogens is 2. The zero-order valence-electron chi connectivity index (χ0n) is 12.8. The van der Waals surface area contributed by atoms with Crippen LogP contribution in [-0.4, -0.2) is 53.0 Å². The number of rotatable bonds is 8. The predicted molar refractivity (Wildman–Crippen MR) is 80.9 cm³/mol. The van der Waals surface area contributed by atoms with Crippen molar-refractivity contribution in [2.24, 2.45) is 0 Å². The quantitative estimate of drug-likeness (QED) is 0.752. The normalized spacial score (nSPS) is 12.2. The van der Waals surface area contributed by atoms with Crippen LogP contribution >= 0.6 is 0 Å². The fraction of sp³-hybridized carbons (Fsp3) is 0.643. The second kappa shape index (κ2) is 8.47. The molecule has 0 aliphatic heterocycles. The third-order valence-corrected chi connectivity index (χ3v) is 3.03. The van der Waals surface area contributed by atoms with Crippen molar-refractivity contribution in [2.45, 2.75) is 33.7 Å². The fourth-order valence-corrected chi connectivity index (χ4v) is 1.95. The number of carbonyl (C=O) groups excluding carboxylic acids is 1. The molecule has 1 amide bonds. The van der Waals surface area contributed by atoms with E-state index in [1.54, 1.807) is 6.20 Å². The Morgan fingerprint density at radius 3 is 2.60 bits per heavy atom. The summed E-state index contributed by atoms with van der Waals surface area (Å²) >= 11 is 0. The molecule has 0 fully saturated rings. The average molecular weight is 279 g/mol. The van der Waals surface area contributed by atoms with Crippen LogP contribution in [0, 0.1) is 0 Å². The maximum atomic E-state index is 12.1. The lowest BCUT2D eigenvalue weighted by molar-refractivity contribution is 0.0925. The molecule has 0 saturated carbocycles. The van der Waals surface area contributed by atoms with Crippen LogP contribution in [0.5, 0.6) is 0 Å². The number of nitrogens with zero attached hydrogens (tertiary/aromatic N) is 3. The molecule has 1 aromatic heterocycles. The van der Waals surface area contributed by atoms with Crippen molar-refractivity contribution in [1.82, 2.24) is 20.2 Å². The minimum atomic E-state index is -0.183. The van der Waals surface area contributed by atoms with Crippen LogP contribution in [-0.2, 0) is 0 Å². The number of carbonyl (C=O) groups is 1. The van der Waals surface area contributed by atoms with Crippen molar-refractivity contribution >= 4 is 11.7 Å². The van der Waals surface area contributed by atoms with Crippen LogP contribution in [0.4, 0.5) is 5.82 Å². The molecule has 1 aromatic rings. The summed E-state index contributed by atoms with van der Waals surface area (Å²) in [5, 5.41) is 6.00. The van der Waals surface area contributed by atoms with Crippen LogP contribution in [0.25, 0.3) is 0 Å². The molecule has 0 saturated heterocycles. The van der Waals surface area contributed by atoms with Crippen molar-refractivity contribution in [1.29, 1.82) is 0 Å². The number of anilines is 1. The molecular weight excluding hydrogens is 254 g/mol. The molecule has 112 valence electrons. The highest BCUT2D eigenvalue weighted by Gasteiger charge is 2.13. The lowest BCUT2D eigenvalue weighted by atomic mass is 10.3. The summed E-state index contributed by atoms with van der Waals surface area (Å²) in [7, 11) is 0. The first-order valence-electron chi connectivity index (χ1n) is 7.19. The van der Waals surface area contributed by atoms with Crippen molar-refractivity contribution in [3.8, 4) is 0 Å². The molecule has 0 aliphatic rings. The molecule has 1 unspecified atom stereocenters. The topological polar surface area (TPSA) is 70.2 Å². The Balaban J connectivity index is 2.59. The average Bonchev–Trinajstić information content (AvgIpc) is 2.45. The van der Waals surface area contributed by atoms with Gasteiger partial charge in [0.1, 0.15) is 11.5 Å². The van der Waals surface area contributed by atoms with Gasteiger partial charge in [-0.3, -0.25) is 9.78 Å². The number of nitrogens with one attached hydrogen (secondary N) is 2. The highest BCUT2D eigenvalue weighted by molar-refractivity contribution is 5.92. The molecule has 6 nitrogen and oxygen atoms in total. The Kier molecular flexibility index (Phi) is 6.93. The largest absolute Gasteiger partial charge is 0.369 e. The van der Waals surface area contributed by atoms with Gasteiger partial charge in [0, 0.05) is 19.1 Å². The van der Waals surface area contributed by atoms with Crippen LogP contribution in [0.15, 0.2) is 12.4 Å². The van der Waals surface area contributed by atoms with E-state index in [1.165, 1.54) is 6.20 Å². The number of likely N-dealkylation sites (N-methyl/N-ethyl adjacent to an activating group) is 1. The molecule has 20 heavy (non-hydrogen) atoms. The second-order valence-corrected chi connectivity index (χ2v) is 4.68. The van der Waals surface area contributed by atoms with E-state index in [-0.39, 0.29) is 11.9 Å². The van der Waals surface area contributed by atoms with E-state index in [9.17, 15) is 4.79 Å². The first kappa shape index (κ1) is 16.4. The van der Waals surface area contributed by atoms with Crippen molar-refractivity contribution < 1.29 is 4.79 Å². The van der Waals surface area contributed by atoms with Crippen LogP contribution < -0.4 is 10.6 Å². The summed E-state index contributed by atoms with van der Waals surface area (Å²) in [6, 6.07) is 0.0759. The maximum absolute atomic E-state index is 12.1. The maximum Gasteiger partial charge on any atom is 0.271 e. The van der Waals surface area contributed by atoms with Gasteiger partial charge in [-0.15, -0.1) is 0 Å². The number of amides is 1. The molecule has 0 aliphatic carbocycles. The Labute approximate surface area is 121 Å². The summed E-state index contributed by atoms with van der Waals surface area (Å²) in [6.07, 6.45) is 3.10. The van der Waals surface area contributed by atoms with Crippen LogP contribution in [0.2, 0.25) is 0 Å². The van der Waals surface area contributed by atoms with E-state index in [4.69, 9.17) is 0 Å². The molecular formula is C14H25N5O. The van der Waals surface area contributed by atoms with Crippen LogP contribution in [0.1, 0.15) is 38.2 Å². The van der Waals surface area contributed by atoms with E-state index in [0.717, 1.165) is 26.2 Å². The fourth-order valence-electron chi connectivity index (χ4n) is 1.95. The van der Waals surface area contributed by atoms with E-state index in [1.807, 2.05) is 13.8 Å². The summed E-state index contributed by atoms with van der Waals surface area (Å²) < 4.78 is 0. The van der Waals surface area contributed by atoms with Crippen LogP contribution in [0.3, 0.4) is 0 Å². The summed E-state index contributed by atoms with van der Waals surface area (Å²) in [5.41, 5.74) is 0.342. The molecule has 0 radical (unpaired) electrons. The van der Waals surface area contributed by atoms with E-state index >= 15 is 0 Å². The van der Waals surface area contributed by atoms with Gasteiger partial charge in [-0.25, -0.2) is 4.98 Å². The molecule has 0 aromatic carbocycles. The highest BCUT2D eigenvalue weighted by atomic mass is 16.1. The van der Waals surface area contributed by atoms with Crippen molar-refractivity contribution in [3.05, 3.63) is 18.1 Å². The molecule has 0 spiro atoms. The lowest BCUT2D eigenvalue weighted by Gasteiger charge is -2.23. The first-order valence-corrected chi connectivity index (χ1v) is 7.19. The van der Waals surface area contributed by atoms with Gasteiger partial charge in [-0.2, -0.15) is 0 Å². The SMILES string of the molecule is CCNc1cncc(C(=O)NC(C)CN(CC)CC)n1. The molecule has 2 N–H and O–H groups in total. The third-order valence-electron chi connectivity index (χ3n) is 3.03. The van der Waals surface area contributed by atoms with Gasteiger partial charge in [-0.1, -0.05) is 13.8 Å². The van der Waals surface area contributed by atoms with Crippen molar-refractivity contribution in [2.75, 3.05) is 31.5 Å². The first-order chi connectivity index (χ1) is 9.60. The molecule has 1 atom stereocenters. The summed E-state index contributed by atoms with van der Waals surface area (Å²) in [6.45, 7) is 11.7. The van der Waals surface area contributed by atoms with E-state index < -0.39 is 0 Å². The summed E-state index contributed by atoms with van der Waals surface area (Å²) in [5.74, 6) is 0.438. The molecule has 1 rings (SSSR count). The van der Waals surface area contributed by atoms with E-state index in [0.29, 0.717) is 11.5 Å².